The lowest BCUT2D eigenvalue weighted by atomic mass is 10.0. The molecule has 0 aromatic rings. The Morgan fingerprint density at radius 1 is 1.14 bits per heavy atom. The van der Waals surface area contributed by atoms with Gasteiger partial charge in [0.2, 0.25) is 0 Å². The standard InChI is InChI=1S/C15H28NO4P.C5H12.C2H6/c1-8-19-21(18-7)10-9-13(16-12(2)3)11-14(17)20-15(4,5)6;1-5(2,3)4;1-2/h9-10,13,16H,2,8,11H2,1,3-7H3;1-4H3;1-2H3/b10-9+;;. The van der Waals surface area contributed by atoms with E-state index < -0.39 is 14.0 Å². The van der Waals surface area contributed by atoms with Crippen LogP contribution in [0.1, 0.15) is 82.6 Å². The summed E-state index contributed by atoms with van der Waals surface area (Å²) in [5, 5.41) is 3.14. The van der Waals surface area contributed by atoms with Crippen LogP contribution in [-0.2, 0) is 18.6 Å². The first kappa shape index (κ1) is 31.8. The van der Waals surface area contributed by atoms with Crippen molar-refractivity contribution < 1.29 is 18.6 Å². The van der Waals surface area contributed by atoms with E-state index in [9.17, 15) is 4.79 Å². The molecule has 0 saturated heterocycles. The van der Waals surface area contributed by atoms with Crippen molar-refractivity contribution >= 4 is 14.3 Å². The molecule has 0 spiro atoms. The van der Waals surface area contributed by atoms with Gasteiger partial charge in [0.05, 0.1) is 19.1 Å². The third-order valence-electron chi connectivity index (χ3n) is 2.11. The molecule has 168 valence electrons. The molecule has 0 radical (unpaired) electrons. The molecular formula is C22H46NO4P. The molecule has 28 heavy (non-hydrogen) atoms. The molecule has 0 amide bonds. The molecule has 0 saturated carbocycles. The summed E-state index contributed by atoms with van der Waals surface area (Å²) in [6, 6.07) is -0.196. The van der Waals surface area contributed by atoms with Gasteiger partial charge in [-0.05, 0) is 45.9 Å². The molecule has 0 aliphatic carbocycles. The predicted molar refractivity (Wildman–Crippen MR) is 123 cm³/mol. The zero-order valence-electron chi connectivity index (χ0n) is 20.4. The molecule has 1 N–H and O–H groups in total. The first-order valence-corrected chi connectivity index (χ1v) is 11.2. The van der Waals surface area contributed by atoms with Crippen LogP contribution in [0.2, 0.25) is 0 Å². The number of hydrogen-bond donors (Lipinski definition) is 1. The Morgan fingerprint density at radius 3 is 1.93 bits per heavy atom. The Hall–Kier alpha value is -0.900. The molecule has 0 aliphatic heterocycles. The molecule has 0 aromatic carbocycles. The minimum atomic E-state index is -1.07. The SMILES string of the molecule is C=C(C)NC(/C=C/P(OC)OCC)CC(=O)OC(C)(C)C.CC.CC(C)(C)C. The van der Waals surface area contributed by atoms with Gasteiger partial charge in [0.25, 0.3) is 0 Å². The van der Waals surface area contributed by atoms with Crippen molar-refractivity contribution in [2.75, 3.05) is 13.7 Å². The number of allylic oxidation sites excluding steroid dienone is 1. The molecule has 5 nitrogen and oxygen atoms in total. The van der Waals surface area contributed by atoms with E-state index in [0.29, 0.717) is 12.0 Å². The van der Waals surface area contributed by atoms with E-state index >= 15 is 0 Å². The van der Waals surface area contributed by atoms with Crippen LogP contribution < -0.4 is 5.32 Å². The van der Waals surface area contributed by atoms with Gasteiger partial charge >= 0.3 is 5.97 Å². The lowest BCUT2D eigenvalue weighted by molar-refractivity contribution is -0.155. The molecule has 0 rings (SSSR count). The summed E-state index contributed by atoms with van der Waals surface area (Å²) >= 11 is 0. The van der Waals surface area contributed by atoms with Crippen LogP contribution in [-0.4, -0.2) is 31.3 Å². The zero-order valence-corrected chi connectivity index (χ0v) is 21.3. The Bertz CT molecular complexity index is 431. The van der Waals surface area contributed by atoms with Gasteiger partial charge in [-0.2, -0.15) is 0 Å². The van der Waals surface area contributed by atoms with E-state index in [2.05, 4.69) is 39.6 Å². The van der Waals surface area contributed by atoms with Gasteiger partial charge in [0.1, 0.15) is 5.60 Å². The average Bonchev–Trinajstić information content (AvgIpc) is 2.49. The maximum Gasteiger partial charge on any atom is 0.308 e. The van der Waals surface area contributed by atoms with E-state index in [0.717, 1.165) is 5.70 Å². The van der Waals surface area contributed by atoms with Crippen molar-refractivity contribution in [3.8, 4) is 0 Å². The third-order valence-corrected chi connectivity index (χ3v) is 3.40. The molecule has 0 fully saturated rings. The Balaban J connectivity index is -0.000000767. The van der Waals surface area contributed by atoms with Crippen molar-refractivity contribution in [2.45, 2.75) is 94.2 Å². The molecule has 0 heterocycles. The summed E-state index contributed by atoms with van der Waals surface area (Å²) in [5.41, 5.74) is 0.797. The van der Waals surface area contributed by atoms with Crippen LogP contribution in [0.3, 0.4) is 0 Å². The van der Waals surface area contributed by atoms with Crippen LogP contribution in [0.4, 0.5) is 0 Å². The lowest BCUT2D eigenvalue weighted by Gasteiger charge is -2.22. The van der Waals surface area contributed by atoms with Crippen LogP contribution in [0.25, 0.3) is 0 Å². The van der Waals surface area contributed by atoms with Gasteiger partial charge in [-0.25, -0.2) is 0 Å². The summed E-state index contributed by atoms with van der Waals surface area (Å²) in [5.74, 6) is 1.58. The van der Waals surface area contributed by atoms with Crippen molar-refractivity contribution in [1.82, 2.24) is 5.32 Å². The first-order valence-electron chi connectivity index (χ1n) is 9.96. The van der Waals surface area contributed by atoms with Crippen LogP contribution in [0, 0.1) is 5.41 Å². The number of esters is 1. The molecule has 0 bridgehead atoms. The summed E-state index contributed by atoms with van der Waals surface area (Å²) in [6.45, 7) is 26.4. The van der Waals surface area contributed by atoms with Gasteiger partial charge < -0.3 is 19.1 Å². The van der Waals surface area contributed by atoms with Gasteiger partial charge in [0, 0.05) is 12.8 Å². The minimum absolute atomic E-state index is 0.196. The van der Waals surface area contributed by atoms with Gasteiger partial charge in [-0.3, -0.25) is 4.79 Å². The molecule has 0 aliphatic rings. The second-order valence-electron chi connectivity index (χ2n) is 8.55. The lowest BCUT2D eigenvalue weighted by Crippen LogP contribution is -2.32. The van der Waals surface area contributed by atoms with E-state index in [1.807, 2.05) is 60.4 Å². The van der Waals surface area contributed by atoms with Crippen molar-refractivity contribution in [2.24, 2.45) is 5.41 Å². The van der Waals surface area contributed by atoms with Gasteiger partial charge in [-0.1, -0.05) is 54.2 Å². The second-order valence-corrected chi connectivity index (χ2v) is 10.0. The first-order chi connectivity index (χ1) is 12.7. The van der Waals surface area contributed by atoms with Gasteiger partial charge in [-0.15, -0.1) is 0 Å². The smallest absolute Gasteiger partial charge is 0.308 e. The molecular weight excluding hydrogens is 373 g/mol. The largest absolute Gasteiger partial charge is 0.460 e. The van der Waals surface area contributed by atoms with Crippen molar-refractivity contribution in [3.63, 3.8) is 0 Å². The van der Waals surface area contributed by atoms with Gasteiger partial charge in [0.15, 0.2) is 8.38 Å². The Labute approximate surface area is 176 Å². The maximum atomic E-state index is 11.9. The summed E-state index contributed by atoms with van der Waals surface area (Å²) < 4.78 is 16.0. The monoisotopic (exact) mass is 419 g/mol. The number of carbonyl (C=O) groups excluding carboxylic acids is 1. The number of nitrogens with one attached hydrogen (secondary N) is 1. The fourth-order valence-corrected chi connectivity index (χ4v) is 2.42. The highest BCUT2D eigenvalue weighted by Crippen LogP contribution is 2.38. The van der Waals surface area contributed by atoms with Crippen LogP contribution in [0.5, 0.6) is 0 Å². The predicted octanol–water partition coefficient (Wildman–Crippen LogP) is 6.80. The molecule has 6 heteroatoms. The summed E-state index contributed by atoms with van der Waals surface area (Å²) in [6.07, 6.45) is 2.09. The van der Waals surface area contributed by atoms with E-state index in [4.69, 9.17) is 13.8 Å². The topological polar surface area (TPSA) is 56.8 Å². The quantitative estimate of drug-likeness (QED) is 0.329. The minimum Gasteiger partial charge on any atom is -0.460 e. The normalized spacial score (nSPS) is 13.4. The highest BCUT2D eigenvalue weighted by molar-refractivity contribution is 7.50. The van der Waals surface area contributed by atoms with E-state index in [-0.39, 0.29) is 18.4 Å². The zero-order chi connectivity index (χ0) is 23.0. The fraction of sp³-hybridized carbons (Fsp3) is 0.773. The van der Waals surface area contributed by atoms with Crippen molar-refractivity contribution in [3.05, 3.63) is 24.2 Å². The molecule has 2 atom stereocenters. The second kappa shape index (κ2) is 17.0. The average molecular weight is 420 g/mol. The van der Waals surface area contributed by atoms with E-state index in [1.165, 1.54) is 0 Å². The number of hydrogen-bond acceptors (Lipinski definition) is 5. The van der Waals surface area contributed by atoms with E-state index in [1.54, 1.807) is 7.11 Å². The summed E-state index contributed by atoms with van der Waals surface area (Å²) in [4.78, 5) is 11.9. The summed E-state index contributed by atoms with van der Waals surface area (Å²) in [7, 11) is 0.528. The number of carbonyl (C=O) groups is 1. The molecule has 0 aromatic heterocycles. The molecule has 2 unspecified atom stereocenters. The number of ether oxygens (including phenoxy) is 1. The van der Waals surface area contributed by atoms with Crippen molar-refractivity contribution in [1.29, 1.82) is 0 Å². The maximum absolute atomic E-state index is 11.9. The Morgan fingerprint density at radius 2 is 1.61 bits per heavy atom. The van der Waals surface area contributed by atoms with Crippen LogP contribution >= 0.6 is 8.38 Å². The fourth-order valence-electron chi connectivity index (χ4n) is 1.50. The number of rotatable bonds is 9. The third kappa shape index (κ3) is 29.8. The van der Waals surface area contributed by atoms with Crippen LogP contribution in [0.15, 0.2) is 24.2 Å². The highest BCUT2D eigenvalue weighted by atomic mass is 31.2. The highest BCUT2D eigenvalue weighted by Gasteiger charge is 2.19. The Kier molecular flexibility index (Phi) is 19.3.